The maximum absolute atomic E-state index is 13.8. The highest BCUT2D eigenvalue weighted by molar-refractivity contribution is 7.52. The molecule has 0 spiro atoms. The van der Waals surface area contributed by atoms with E-state index in [4.69, 9.17) is 40.6 Å². The first-order valence-corrected chi connectivity index (χ1v) is 14.9. The average molecular weight is 613 g/mol. The zero-order chi connectivity index (χ0) is 29.9. The molecule has 3 heterocycles. The summed E-state index contributed by atoms with van der Waals surface area (Å²) in [5.74, 6) is -0.273. The zero-order valence-corrected chi connectivity index (χ0v) is 24.9. The number of halogens is 1. The number of fused-ring (bicyclic) bond motifs is 1. The van der Waals surface area contributed by atoms with Gasteiger partial charge in [0.1, 0.15) is 28.9 Å². The second-order valence-electron chi connectivity index (χ2n) is 9.80. The highest BCUT2D eigenvalue weighted by Gasteiger charge is 2.54. The van der Waals surface area contributed by atoms with Crippen molar-refractivity contribution in [3.05, 3.63) is 36.7 Å². The fourth-order valence-corrected chi connectivity index (χ4v) is 5.97. The normalized spacial score (nSPS) is 24.7. The van der Waals surface area contributed by atoms with E-state index in [0.29, 0.717) is 12.1 Å². The summed E-state index contributed by atoms with van der Waals surface area (Å²) in [6, 6.07) is 7.24. The van der Waals surface area contributed by atoms with E-state index < -0.39 is 49.7 Å². The van der Waals surface area contributed by atoms with Crippen LogP contribution in [-0.4, -0.2) is 73.0 Å². The summed E-state index contributed by atoms with van der Waals surface area (Å²) in [5, 5.41) is 13.7. The minimum absolute atomic E-state index is 0.0485. The van der Waals surface area contributed by atoms with Crippen molar-refractivity contribution in [2.24, 2.45) is 0 Å². The number of nitrogens with zero attached hydrogens (tertiary/aromatic N) is 4. The third-order valence-corrected chi connectivity index (χ3v) is 8.15. The van der Waals surface area contributed by atoms with Gasteiger partial charge in [0.25, 0.3) is 0 Å². The number of benzene rings is 1. The first-order valence-electron chi connectivity index (χ1n) is 13.0. The molecule has 4 N–H and O–H groups in total. The van der Waals surface area contributed by atoms with E-state index in [0.717, 1.165) is 0 Å². The monoisotopic (exact) mass is 612 g/mol. The molecule has 14 nitrogen and oxygen atoms in total. The van der Waals surface area contributed by atoms with Crippen LogP contribution in [-0.2, 0) is 23.4 Å². The highest BCUT2D eigenvalue weighted by Crippen LogP contribution is 2.48. The van der Waals surface area contributed by atoms with Crippen molar-refractivity contribution in [1.29, 1.82) is 0 Å². The lowest BCUT2D eigenvalue weighted by Gasteiger charge is -2.26. The fraction of sp³-hybridized carbons (Fsp3) is 0.520. The van der Waals surface area contributed by atoms with Crippen LogP contribution in [0.5, 0.6) is 11.6 Å². The number of anilines is 1. The van der Waals surface area contributed by atoms with Gasteiger partial charge in [0.15, 0.2) is 17.4 Å². The molecule has 1 fully saturated rings. The number of aliphatic hydroxyl groups excluding tert-OH is 1. The minimum Gasteiger partial charge on any atom is -0.476 e. The molecule has 0 radical (unpaired) electrons. The molecule has 16 heteroatoms. The molecule has 0 aliphatic carbocycles. The van der Waals surface area contributed by atoms with Crippen LogP contribution >= 0.6 is 19.3 Å². The van der Waals surface area contributed by atoms with Crippen molar-refractivity contribution in [3.63, 3.8) is 0 Å². The van der Waals surface area contributed by atoms with E-state index in [9.17, 15) is 14.5 Å². The van der Waals surface area contributed by atoms with Crippen molar-refractivity contribution in [2.45, 2.75) is 70.1 Å². The molecule has 224 valence electrons. The molecule has 0 bridgehead atoms. The molecule has 1 aromatic carbocycles. The number of aromatic nitrogens is 4. The second kappa shape index (κ2) is 12.5. The van der Waals surface area contributed by atoms with Gasteiger partial charge < -0.3 is 29.6 Å². The number of aliphatic hydroxyl groups is 1. The summed E-state index contributed by atoms with van der Waals surface area (Å²) in [5.41, 5.74) is 6.49. The smallest absolute Gasteiger partial charge is 0.459 e. The summed E-state index contributed by atoms with van der Waals surface area (Å²) in [6.07, 6.45) is -2.32. The van der Waals surface area contributed by atoms with Gasteiger partial charge in [-0.05, 0) is 46.8 Å². The molecule has 41 heavy (non-hydrogen) atoms. The number of ether oxygens (including phenoxy) is 3. The van der Waals surface area contributed by atoms with Crippen molar-refractivity contribution in [1.82, 2.24) is 24.6 Å². The van der Waals surface area contributed by atoms with Crippen LogP contribution in [0.3, 0.4) is 0 Å². The van der Waals surface area contributed by atoms with E-state index in [1.807, 2.05) is 0 Å². The molecular weight excluding hydrogens is 579 g/mol. The Kier molecular flexibility index (Phi) is 9.42. The predicted molar refractivity (Wildman–Crippen MR) is 150 cm³/mol. The number of rotatable bonds is 12. The van der Waals surface area contributed by atoms with Crippen molar-refractivity contribution < 1.29 is 37.7 Å². The predicted octanol–water partition coefficient (Wildman–Crippen LogP) is 3.20. The van der Waals surface area contributed by atoms with Crippen molar-refractivity contribution in [3.8, 4) is 11.6 Å². The summed E-state index contributed by atoms with van der Waals surface area (Å²) in [4.78, 5) is 23.7. The Balaban J connectivity index is 1.56. The van der Waals surface area contributed by atoms with Crippen molar-refractivity contribution in [2.75, 3.05) is 18.9 Å². The largest absolute Gasteiger partial charge is 0.476 e. The summed E-state index contributed by atoms with van der Waals surface area (Å²) in [7, 11) is -4.21. The van der Waals surface area contributed by atoms with Gasteiger partial charge in [0.2, 0.25) is 11.8 Å². The average Bonchev–Trinajstić information content (AvgIpc) is 3.41. The number of alkyl halides is 1. The third kappa shape index (κ3) is 6.91. The molecule has 0 saturated carbocycles. The molecule has 1 saturated heterocycles. The van der Waals surface area contributed by atoms with E-state index in [1.54, 1.807) is 58.0 Å². The van der Waals surface area contributed by atoms with Gasteiger partial charge in [0.05, 0.1) is 25.6 Å². The van der Waals surface area contributed by atoms with Gasteiger partial charge in [-0.15, -0.1) is 11.6 Å². The van der Waals surface area contributed by atoms with Gasteiger partial charge in [0, 0.05) is 0 Å². The molecule has 0 amide bonds. The van der Waals surface area contributed by atoms with Crippen LogP contribution in [0, 0.1) is 0 Å². The van der Waals surface area contributed by atoms with Crippen LogP contribution < -0.4 is 20.1 Å². The van der Waals surface area contributed by atoms with E-state index in [1.165, 1.54) is 17.8 Å². The number of imidazole rings is 1. The topological polar surface area (TPSA) is 182 Å². The highest BCUT2D eigenvalue weighted by atomic mass is 35.5. The molecule has 4 rings (SSSR count). The number of nitrogens with two attached hydrogens (primary N) is 1. The maximum atomic E-state index is 13.8. The first kappa shape index (κ1) is 30.9. The molecule has 1 aliphatic heterocycles. The Morgan fingerprint density at radius 1 is 1.29 bits per heavy atom. The number of hydrogen-bond donors (Lipinski definition) is 3. The SMILES string of the molecule is CCOc1nc(N)nc2c1ncn2[C@@H]1O[C@H](CO[P@@](=O)(N[C@H](C)C(=O)OC(C)C)Oc2ccccc2)[C@@H](O)[C@@]1(C)Cl. The lowest BCUT2D eigenvalue weighted by atomic mass is 10.0. The molecule has 2 aromatic heterocycles. The van der Waals surface area contributed by atoms with Crippen LogP contribution in [0.2, 0.25) is 0 Å². The molecule has 0 unspecified atom stereocenters. The first-order chi connectivity index (χ1) is 19.3. The van der Waals surface area contributed by atoms with Crippen molar-refractivity contribution >= 4 is 42.4 Å². The van der Waals surface area contributed by atoms with Gasteiger partial charge in [-0.1, -0.05) is 18.2 Å². The Morgan fingerprint density at radius 2 is 2.00 bits per heavy atom. The lowest BCUT2D eigenvalue weighted by Crippen LogP contribution is -2.40. The van der Waals surface area contributed by atoms with Crippen LogP contribution in [0.15, 0.2) is 36.7 Å². The Hall–Kier alpha value is -3.00. The quantitative estimate of drug-likeness (QED) is 0.154. The van der Waals surface area contributed by atoms with E-state index in [2.05, 4.69) is 20.0 Å². The number of nitrogen functional groups attached to an aromatic ring is 1. The van der Waals surface area contributed by atoms with Gasteiger partial charge in [-0.25, -0.2) is 9.55 Å². The lowest BCUT2D eigenvalue weighted by molar-refractivity contribution is -0.149. The number of carbonyl (C=O) groups excluding carboxylic acids is 1. The Labute approximate surface area is 242 Å². The second-order valence-corrected chi connectivity index (χ2v) is 12.3. The standard InChI is InChI=1S/C25H34ClN6O8P/c1-6-36-21-18-20(29-24(27)30-21)32(13-28-18)23-25(5,26)19(33)17(39-23)12-37-41(35,40-16-10-8-7-9-11-16)31-15(4)22(34)38-14(2)3/h7-11,13-15,17,19,23,33H,6,12H2,1-5H3,(H,31,35)(H2,27,29,30)/t15-,17-,19-,23-,25-,41+/m1/s1. The summed E-state index contributed by atoms with van der Waals surface area (Å²) >= 11 is 6.80. The Morgan fingerprint density at radius 3 is 2.66 bits per heavy atom. The van der Waals surface area contributed by atoms with E-state index in [-0.39, 0.29) is 29.3 Å². The number of para-hydroxylation sites is 1. The summed E-state index contributed by atoms with van der Waals surface area (Å²) < 4.78 is 43.6. The third-order valence-electron chi connectivity index (χ3n) is 6.09. The maximum Gasteiger partial charge on any atom is 0.459 e. The fourth-order valence-electron chi connectivity index (χ4n) is 4.17. The van der Waals surface area contributed by atoms with Gasteiger partial charge >= 0.3 is 13.7 Å². The number of hydrogen-bond acceptors (Lipinski definition) is 12. The molecule has 1 aliphatic rings. The minimum atomic E-state index is -4.21. The Bertz CT molecular complexity index is 1410. The number of nitrogens with one attached hydrogen (secondary N) is 1. The van der Waals surface area contributed by atoms with E-state index >= 15 is 0 Å². The van der Waals surface area contributed by atoms with Gasteiger partial charge in [-0.3, -0.25) is 13.9 Å². The number of carbonyl (C=O) groups is 1. The van der Waals surface area contributed by atoms with Gasteiger partial charge in [-0.2, -0.15) is 15.1 Å². The zero-order valence-electron chi connectivity index (χ0n) is 23.3. The molecule has 6 atom stereocenters. The van der Waals surface area contributed by atoms with Crippen LogP contribution in [0.25, 0.3) is 11.2 Å². The molecule has 3 aromatic rings. The molecular formula is C25H34ClN6O8P. The van der Waals surface area contributed by atoms with Crippen LogP contribution in [0.4, 0.5) is 5.95 Å². The van der Waals surface area contributed by atoms with Crippen LogP contribution in [0.1, 0.15) is 40.8 Å². The summed E-state index contributed by atoms with van der Waals surface area (Å²) in [6.45, 7) is 8.14. The number of esters is 1.